The van der Waals surface area contributed by atoms with Crippen molar-refractivity contribution in [1.82, 2.24) is 0 Å². The van der Waals surface area contributed by atoms with E-state index in [1.807, 2.05) is 0 Å². The minimum Gasteiger partial charge on any atom is -0.512 e. The first-order valence-corrected chi connectivity index (χ1v) is 18.7. The second-order valence-electron chi connectivity index (χ2n) is 11.8. The minimum atomic E-state index is -0.125. The second kappa shape index (κ2) is 20.3. The number of para-hydroxylation sites is 2. The molecule has 0 radical (unpaired) electrons. The SMILES string of the molecule is C.CC(=O)C=C(C)O.[Ni].c1ccc(-c2cccc(-c3ccccc3)c2N=C2SCCSC2=Nc2c(-c3ccccc3)cccc2-c2ccccc2)cc1. The summed E-state index contributed by atoms with van der Waals surface area (Å²) in [4.78, 5) is 21.0. The molecule has 0 atom stereocenters. The molecule has 1 saturated heterocycles. The van der Waals surface area contributed by atoms with E-state index in [9.17, 15) is 4.79 Å². The maximum Gasteiger partial charge on any atom is 0.155 e. The van der Waals surface area contributed by atoms with Crippen LogP contribution in [0.15, 0.2) is 180 Å². The summed E-state index contributed by atoms with van der Waals surface area (Å²) in [7, 11) is 0. The summed E-state index contributed by atoms with van der Waals surface area (Å²) in [6.45, 7) is 2.85. The number of carbonyl (C=O) groups is 1. The number of aliphatic hydroxyl groups excluding tert-OH is 1. The van der Waals surface area contributed by atoms with Crippen molar-refractivity contribution in [2.75, 3.05) is 11.5 Å². The molecule has 6 aromatic rings. The maximum absolute atomic E-state index is 10.0. The van der Waals surface area contributed by atoms with Gasteiger partial charge in [-0.05, 0) is 36.1 Å². The fourth-order valence-electron chi connectivity index (χ4n) is 5.79. The smallest absolute Gasteiger partial charge is 0.155 e. The van der Waals surface area contributed by atoms with Crippen LogP contribution in [0.1, 0.15) is 21.3 Å². The van der Waals surface area contributed by atoms with Gasteiger partial charge < -0.3 is 5.11 Å². The van der Waals surface area contributed by atoms with E-state index in [-0.39, 0.29) is 35.5 Å². The summed E-state index contributed by atoms with van der Waals surface area (Å²) < 4.78 is 0. The van der Waals surface area contributed by atoms with E-state index in [0.29, 0.717) is 0 Å². The van der Waals surface area contributed by atoms with Crippen LogP contribution < -0.4 is 0 Å². The molecule has 1 fully saturated rings. The third-order valence-electron chi connectivity index (χ3n) is 7.99. The topological polar surface area (TPSA) is 62.0 Å². The van der Waals surface area contributed by atoms with Crippen LogP contribution in [-0.2, 0) is 21.3 Å². The zero-order valence-electron chi connectivity index (χ0n) is 28.9. The summed E-state index contributed by atoms with van der Waals surface area (Å²) in [5, 5.41) is 10.3. The van der Waals surface area contributed by atoms with Crippen molar-refractivity contribution in [2.45, 2.75) is 21.3 Å². The van der Waals surface area contributed by atoms with Crippen LogP contribution in [0.5, 0.6) is 0 Å². The minimum absolute atomic E-state index is 0. The Balaban J connectivity index is 0.000000637. The number of hydrogen-bond donors (Lipinski definition) is 1. The molecule has 0 saturated carbocycles. The van der Waals surface area contributed by atoms with Gasteiger partial charge in [0.15, 0.2) is 5.78 Å². The number of hydrogen-bond acceptors (Lipinski definition) is 6. The number of carbonyl (C=O) groups excluding carboxylic acids is 1. The summed E-state index contributed by atoms with van der Waals surface area (Å²) in [5.41, 5.74) is 11.0. The van der Waals surface area contributed by atoms with Gasteiger partial charge in [-0.15, -0.1) is 23.5 Å². The van der Waals surface area contributed by atoms with Gasteiger partial charge in [-0.1, -0.05) is 165 Å². The van der Waals surface area contributed by atoms with Crippen molar-refractivity contribution in [3.8, 4) is 44.5 Å². The van der Waals surface area contributed by atoms with E-state index < -0.39 is 0 Å². The van der Waals surface area contributed by atoms with Gasteiger partial charge in [0.25, 0.3) is 0 Å². The number of aliphatic hydroxyl groups is 1. The Kier molecular flexibility index (Phi) is 15.7. The standard InChI is InChI=1S/C40H30N2S2.C5H8O2.CH4.Ni/c1-5-15-29(16-6-1)33-23-13-24-34(30-17-7-2-8-18-30)37(33)41-39-40(44-28-27-43-39)42-38-35(31-19-9-3-10-20-31)25-14-26-36(38)32-21-11-4-12-22-32;1-4(6)3-5(2)7;;/h1-26H,27-28H2;3,6H,1-2H3;1H4;. The van der Waals surface area contributed by atoms with Crippen LogP contribution in [0, 0.1) is 0 Å². The molecule has 270 valence electrons. The van der Waals surface area contributed by atoms with Gasteiger partial charge in [-0.2, -0.15) is 0 Å². The molecule has 0 aliphatic carbocycles. The summed E-state index contributed by atoms with van der Waals surface area (Å²) in [6, 6.07) is 55.2. The predicted molar refractivity (Wildman–Crippen MR) is 228 cm³/mol. The molecule has 7 rings (SSSR count). The third-order valence-corrected chi connectivity index (χ3v) is 10.3. The molecule has 1 heterocycles. The first-order chi connectivity index (χ1) is 25.0. The molecule has 1 aliphatic rings. The zero-order chi connectivity index (χ0) is 35.4. The summed E-state index contributed by atoms with van der Waals surface area (Å²) >= 11 is 3.59. The molecule has 0 unspecified atom stereocenters. The molecule has 0 spiro atoms. The van der Waals surface area contributed by atoms with E-state index >= 15 is 0 Å². The van der Waals surface area contributed by atoms with Crippen molar-refractivity contribution < 1.29 is 26.4 Å². The number of thioether (sulfide) groups is 2. The molecule has 53 heavy (non-hydrogen) atoms. The van der Waals surface area contributed by atoms with Gasteiger partial charge >= 0.3 is 0 Å². The van der Waals surface area contributed by atoms with Crippen LogP contribution in [0.4, 0.5) is 11.4 Å². The van der Waals surface area contributed by atoms with E-state index in [1.54, 1.807) is 23.5 Å². The van der Waals surface area contributed by atoms with Gasteiger partial charge in [0.05, 0.1) is 17.1 Å². The Morgan fingerprint density at radius 1 is 0.509 bits per heavy atom. The molecule has 0 aromatic heterocycles. The van der Waals surface area contributed by atoms with Crippen molar-refractivity contribution >= 4 is 50.8 Å². The number of aliphatic imine (C=N–C) groups is 2. The van der Waals surface area contributed by atoms with Crippen LogP contribution in [-0.4, -0.2) is 32.5 Å². The Hall–Kier alpha value is -4.94. The Bertz CT molecular complexity index is 1920. The fourth-order valence-corrected chi connectivity index (χ4v) is 7.84. The van der Waals surface area contributed by atoms with Crippen LogP contribution in [0.25, 0.3) is 44.5 Å². The predicted octanol–water partition coefficient (Wildman–Crippen LogP) is 13.3. The molecular formula is C46H42N2NiO2S2. The van der Waals surface area contributed by atoms with Crippen LogP contribution in [0.3, 0.4) is 0 Å². The molecule has 4 nitrogen and oxygen atoms in total. The second-order valence-corrected chi connectivity index (χ2v) is 14.0. The van der Waals surface area contributed by atoms with Crippen molar-refractivity contribution in [3.05, 3.63) is 170 Å². The van der Waals surface area contributed by atoms with Crippen molar-refractivity contribution in [2.24, 2.45) is 9.98 Å². The number of benzene rings is 6. The van der Waals surface area contributed by atoms with Gasteiger partial charge in [0, 0.05) is 56.3 Å². The van der Waals surface area contributed by atoms with Crippen LogP contribution >= 0.6 is 23.5 Å². The number of ketones is 1. The van der Waals surface area contributed by atoms with E-state index in [1.165, 1.54) is 19.9 Å². The van der Waals surface area contributed by atoms with Gasteiger partial charge in [0.1, 0.15) is 10.1 Å². The van der Waals surface area contributed by atoms with E-state index in [4.69, 9.17) is 15.1 Å². The Morgan fingerprint density at radius 3 is 1.02 bits per heavy atom. The molecule has 0 amide bonds. The number of rotatable bonds is 7. The first-order valence-electron chi connectivity index (χ1n) is 16.8. The monoisotopic (exact) mass is 776 g/mol. The molecule has 7 heteroatoms. The molecule has 6 aromatic carbocycles. The first kappa shape index (κ1) is 40.8. The van der Waals surface area contributed by atoms with Crippen molar-refractivity contribution in [3.63, 3.8) is 0 Å². The van der Waals surface area contributed by atoms with Crippen molar-refractivity contribution in [1.29, 1.82) is 0 Å². The molecule has 1 N–H and O–H groups in total. The summed E-state index contributed by atoms with van der Waals surface area (Å²) in [6.07, 6.45) is 1.17. The molecule has 1 aliphatic heterocycles. The van der Waals surface area contributed by atoms with E-state index in [2.05, 4.69) is 158 Å². The number of allylic oxidation sites excluding steroid dienone is 2. The largest absolute Gasteiger partial charge is 0.512 e. The average molecular weight is 778 g/mol. The quantitative estimate of drug-likeness (QED) is 0.0996. The molecular weight excluding hydrogens is 735 g/mol. The maximum atomic E-state index is 10.0. The third kappa shape index (κ3) is 10.8. The fraction of sp³-hybridized carbons (Fsp3) is 0.109. The van der Waals surface area contributed by atoms with Gasteiger partial charge in [-0.3, -0.25) is 4.79 Å². The van der Waals surface area contributed by atoms with Gasteiger partial charge in [0.2, 0.25) is 0 Å². The normalized spacial score (nSPS) is 14.0. The molecule has 0 bridgehead atoms. The number of nitrogens with zero attached hydrogens (tertiary/aromatic N) is 2. The average Bonchev–Trinajstić information content (AvgIpc) is 3.17. The Morgan fingerprint density at radius 2 is 0.792 bits per heavy atom. The van der Waals surface area contributed by atoms with Crippen LogP contribution in [0.2, 0.25) is 0 Å². The zero-order valence-corrected chi connectivity index (χ0v) is 31.5. The van der Waals surface area contributed by atoms with Gasteiger partial charge in [-0.25, -0.2) is 9.98 Å². The summed E-state index contributed by atoms with van der Waals surface area (Å²) in [5.74, 6) is 1.91. The van der Waals surface area contributed by atoms with E-state index in [0.717, 1.165) is 77.5 Å². The Labute approximate surface area is 332 Å².